The summed E-state index contributed by atoms with van der Waals surface area (Å²) in [6.45, 7) is 0.522. The zero-order chi connectivity index (χ0) is 21.4. The Labute approximate surface area is 188 Å². The molecule has 0 atom stereocenters. The van der Waals surface area contributed by atoms with E-state index in [1.165, 1.54) is 10.7 Å². The zero-order valence-corrected chi connectivity index (χ0v) is 20.2. The van der Waals surface area contributed by atoms with E-state index in [2.05, 4.69) is 82.2 Å². The Balaban J connectivity index is 1.75. The minimum absolute atomic E-state index is 0.0623. The van der Waals surface area contributed by atoms with Gasteiger partial charge >= 0.3 is 189 Å². The van der Waals surface area contributed by atoms with Crippen LogP contribution in [0, 0.1) is 0 Å². The molecule has 0 radical (unpaired) electrons. The van der Waals surface area contributed by atoms with Crippen molar-refractivity contribution < 1.29 is 4.79 Å². The Morgan fingerprint density at radius 3 is 1.42 bits per heavy atom. The quantitative estimate of drug-likeness (QED) is 0.299. The molecule has 0 aromatic heterocycles. The number of amides is 1. The molecular formula is C28H25NOSn. The summed E-state index contributed by atoms with van der Waals surface area (Å²) in [4.78, 5) is 12.8. The molecule has 0 saturated carbocycles. The van der Waals surface area contributed by atoms with Crippen LogP contribution in [-0.4, -0.2) is 24.3 Å². The van der Waals surface area contributed by atoms with Crippen molar-refractivity contribution in [3.05, 3.63) is 137 Å². The fourth-order valence-electron chi connectivity index (χ4n) is 3.94. The molecule has 152 valence electrons. The van der Waals surface area contributed by atoms with Gasteiger partial charge in [0.05, 0.1) is 0 Å². The van der Waals surface area contributed by atoms with Crippen LogP contribution >= 0.6 is 0 Å². The van der Waals surface area contributed by atoms with Gasteiger partial charge in [-0.1, -0.05) is 0 Å². The fraction of sp³-hybridized carbons (Fsp3) is 0.0357. The van der Waals surface area contributed by atoms with Gasteiger partial charge in [-0.3, -0.25) is 0 Å². The summed E-state index contributed by atoms with van der Waals surface area (Å²) in [5.41, 5.74) is 1.09. The summed E-state index contributed by atoms with van der Waals surface area (Å²) in [5.74, 6) is -0.0623. The molecule has 0 aliphatic rings. The minimum atomic E-state index is -3.54. The van der Waals surface area contributed by atoms with E-state index in [1.807, 2.05) is 48.5 Å². The molecule has 1 N–H and O–H groups in total. The molecule has 0 spiro atoms. The number of hydrogen-bond acceptors (Lipinski definition) is 1. The Morgan fingerprint density at radius 2 is 1.00 bits per heavy atom. The summed E-state index contributed by atoms with van der Waals surface area (Å²) >= 11 is -3.54. The van der Waals surface area contributed by atoms with E-state index < -0.39 is 18.4 Å². The second-order valence-electron chi connectivity index (χ2n) is 7.44. The third kappa shape index (κ3) is 4.97. The first kappa shape index (κ1) is 21.1. The van der Waals surface area contributed by atoms with Gasteiger partial charge in [0.2, 0.25) is 0 Å². The number of carbonyl (C=O) groups excluding carboxylic acids is 1. The van der Waals surface area contributed by atoms with Gasteiger partial charge < -0.3 is 0 Å². The van der Waals surface area contributed by atoms with Crippen molar-refractivity contribution in [1.82, 2.24) is 5.32 Å². The second kappa shape index (κ2) is 10.3. The van der Waals surface area contributed by atoms with Crippen LogP contribution in [0.3, 0.4) is 0 Å². The molecule has 0 fully saturated rings. The van der Waals surface area contributed by atoms with Crippen LogP contribution in [0.5, 0.6) is 0 Å². The monoisotopic (exact) mass is 511 g/mol. The molecule has 1 amide bonds. The second-order valence-corrected chi connectivity index (χ2v) is 17.9. The molecule has 4 aromatic carbocycles. The first-order valence-electron chi connectivity index (χ1n) is 10.5. The van der Waals surface area contributed by atoms with Crippen LogP contribution in [-0.2, 0) is 11.3 Å². The van der Waals surface area contributed by atoms with Crippen LogP contribution in [0.4, 0.5) is 0 Å². The van der Waals surface area contributed by atoms with Gasteiger partial charge in [0, 0.05) is 0 Å². The summed E-state index contributed by atoms with van der Waals surface area (Å²) in [7, 11) is 0. The summed E-state index contributed by atoms with van der Waals surface area (Å²) < 4.78 is 6.19. The van der Waals surface area contributed by atoms with Gasteiger partial charge in [0.15, 0.2) is 0 Å². The van der Waals surface area contributed by atoms with E-state index in [1.54, 1.807) is 6.08 Å². The van der Waals surface area contributed by atoms with Crippen LogP contribution in [0.25, 0.3) is 0 Å². The number of nitrogens with one attached hydrogen (secondary N) is 1. The molecule has 2 nitrogen and oxygen atoms in total. The van der Waals surface area contributed by atoms with Gasteiger partial charge in [-0.15, -0.1) is 0 Å². The van der Waals surface area contributed by atoms with Crippen molar-refractivity contribution in [3.8, 4) is 0 Å². The Morgan fingerprint density at radius 1 is 0.613 bits per heavy atom. The van der Waals surface area contributed by atoms with Crippen molar-refractivity contribution in [1.29, 1.82) is 0 Å². The van der Waals surface area contributed by atoms with Crippen molar-refractivity contribution >= 4 is 35.0 Å². The average Bonchev–Trinajstić information content (AvgIpc) is 2.86. The van der Waals surface area contributed by atoms with Crippen molar-refractivity contribution in [2.24, 2.45) is 0 Å². The van der Waals surface area contributed by atoms with E-state index in [-0.39, 0.29) is 5.91 Å². The first-order valence-corrected chi connectivity index (χ1v) is 16.4. The first-order chi connectivity index (χ1) is 15.3. The zero-order valence-electron chi connectivity index (χ0n) is 17.3. The predicted octanol–water partition coefficient (Wildman–Crippen LogP) is 3.57. The van der Waals surface area contributed by atoms with Crippen LogP contribution in [0.1, 0.15) is 5.56 Å². The maximum atomic E-state index is 12.8. The summed E-state index contributed by atoms with van der Waals surface area (Å²) in [6.07, 6.45) is 1.76. The van der Waals surface area contributed by atoms with E-state index in [4.69, 9.17) is 0 Å². The number of rotatable bonds is 7. The Hall–Kier alpha value is -3.11. The topological polar surface area (TPSA) is 29.1 Å². The number of carbonyl (C=O) groups is 1. The van der Waals surface area contributed by atoms with Crippen molar-refractivity contribution in [2.45, 2.75) is 6.54 Å². The van der Waals surface area contributed by atoms with Gasteiger partial charge in [-0.05, 0) is 0 Å². The third-order valence-corrected chi connectivity index (χ3v) is 18.0. The summed E-state index contributed by atoms with van der Waals surface area (Å²) in [5, 5.41) is 3.03. The van der Waals surface area contributed by atoms with E-state index in [0.29, 0.717) is 6.54 Å². The molecular weight excluding hydrogens is 485 g/mol. The molecule has 0 bridgehead atoms. The van der Waals surface area contributed by atoms with E-state index in [9.17, 15) is 4.79 Å². The molecule has 31 heavy (non-hydrogen) atoms. The molecule has 4 aromatic rings. The third-order valence-electron chi connectivity index (χ3n) is 5.48. The van der Waals surface area contributed by atoms with Gasteiger partial charge in [-0.2, -0.15) is 0 Å². The van der Waals surface area contributed by atoms with Gasteiger partial charge in [-0.25, -0.2) is 0 Å². The number of hydrogen-bond donors (Lipinski definition) is 1. The molecule has 0 aliphatic heterocycles. The average molecular weight is 510 g/mol. The van der Waals surface area contributed by atoms with Gasteiger partial charge in [0.25, 0.3) is 0 Å². The molecule has 4 rings (SSSR count). The summed E-state index contributed by atoms with van der Waals surface area (Å²) in [6, 6.07) is 42.0. The van der Waals surface area contributed by atoms with Crippen molar-refractivity contribution in [2.75, 3.05) is 0 Å². The van der Waals surface area contributed by atoms with Gasteiger partial charge in [0.1, 0.15) is 0 Å². The predicted molar refractivity (Wildman–Crippen MR) is 131 cm³/mol. The Bertz CT molecular complexity index is 1030. The molecule has 0 unspecified atom stereocenters. The molecule has 0 aliphatic carbocycles. The SMILES string of the molecule is O=C(/C=[CH]/[Sn]([c]1ccccc1)([c]1ccccc1)[c]1ccccc1)NCc1ccccc1. The van der Waals surface area contributed by atoms with Crippen LogP contribution in [0.2, 0.25) is 0 Å². The molecule has 0 heterocycles. The number of benzene rings is 4. The normalized spacial score (nSPS) is 11.4. The molecule has 0 saturated heterocycles. The van der Waals surface area contributed by atoms with Crippen LogP contribution < -0.4 is 16.1 Å². The fourth-order valence-corrected chi connectivity index (χ4v) is 15.7. The van der Waals surface area contributed by atoms with E-state index in [0.717, 1.165) is 5.56 Å². The van der Waals surface area contributed by atoms with Crippen molar-refractivity contribution in [3.63, 3.8) is 0 Å². The molecule has 3 heteroatoms. The standard InChI is InChI=1S/C10H10NO.3C6H5.Sn/c1-2-10(12)11-8-9-6-4-3-5-7-9;3*1-2-4-6-5-3-1;/h1-7H,8H2,(H,11,12);3*1-5H;. The maximum absolute atomic E-state index is 12.8. The Kier molecular flexibility index (Phi) is 7.00. The van der Waals surface area contributed by atoms with Crippen LogP contribution in [0.15, 0.2) is 131 Å². The van der Waals surface area contributed by atoms with E-state index >= 15 is 0 Å².